The number of hydrogen-bond acceptors (Lipinski definition) is 2. The predicted molar refractivity (Wildman–Crippen MR) is 61.6 cm³/mol. The summed E-state index contributed by atoms with van der Waals surface area (Å²) in [6, 6.07) is 3.55. The van der Waals surface area contributed by atoms with Gasteiger partial charge in [0.2, 0.25) is 0 Å². The Morgan fingerprint density at radius 2 is 2.00 bits per heavy atom. The molecular weight excluding hydrogens is 228 g/mol. The van der Waals surface area contributed by atoms with E-state index in [0.717, 1.165) is 11.8 Å². The number of halogens is 2. The molecular formula is C12H11F2NS. The van der Waals surface area contributed by atoms with Crippen molar-refractivity contribution in [2.75, 3.05) is 0 Å². The van der Waals surface area contributed by atoms with E-state index in [2.05, 4.69) is 4.98 Å². The third-order valence-corrected chi connectivity index (χ3v) is 3.17. The molecule has 0 aliphatic heterocycles. The SMILES string of the molecule is CC(C)c1csc(-c2ccc(F)cc2F)n1. The summed E-state index contributed by atoms with van der Waals surface area (Å²) in [7, 11) is 0. The van der Waals surface area contributed by atoms with Crippen molar-refractivity contribution >= 4 is 11.3 Å². The molecule has 0 atom stereocenters. The van der Waals surface area contributed by atoms with E-state index >= 15 is 0 Å². The van der Waals surface area contributed by atoms with Gasteiger partial charge in [0.05, 0.1) is 5.69 Å². The number of thiazole rings is 1. The van der Waals surface area contributed by atoms with Crippen LogP contribution in [0.2, 0.25) is 0 Å². The zero-order valence-corrected chi connectivity index (χ0v) is 9.81. The standard InChI is InChI=1S/C12H11F2NS/c1-7(2)11-6-16-12(15-11)9-4-3-8(13)5-10(9)14/h3-7H,1-2H3. The number of hydrogen-bond donors (Lipinski definition) is 0. The average molecular weight is 239 g/mol. The lowest BCUT2D eigenvalue weighted by Crippen LogP contribution is -1.89. The van der Waals surface area contributed by atoms with E-state index < -0.39 is 11.6 Å². The Balaban J connectivity index is 2.42. The summed E-state index contributed by atoms with van der Waals surface area (Å²) in [5.41, 5.74) is 1.29. The molecule has 4 heteroatoms. The van der Waals surface area contributed by atoms with Gasteiger partial charge in [0.25, 0.3) is 0 Å². The lowest BCUT2D eigenvalue weighted by Gasteiger charge is -2.00. The van der Waals surface area contributed by atoms with Crippen LogP contribution < -0.4 is 0 Å². The van der Waals surface area contributed by atoms with Gasteiger partial charge in [0.1, 0.15) is 16.6 Å². The third-order valence-electron chi connectivity index (χ3n) is 2.28. The molecule has 1 aromatic carbocycles. The molecule has 0 aliphatic carbocycles. The van der Waals surface area contributed by atoms with Crippen molar-refractivity contribution in [1.29, 1.82) is 0 Å². The zero-order chi connectivity index (χ0) is 11.7. The predicted octanol–water partition coefficient (Wildman–Crippen LogP) is 4.21. The van der Waals surface area contributed by atoms with Gasteiger partial charge < -0.3 is 0 Å². The second-order valence-electron chi connectivity index (χ2n) is 3.86. The molecule has 0 bridgehead atoms. The van der Waals surface area contributed by atoms with E-state index in [-0.39, 0.29) is 0 Å². The first-order chi connectivity index (χ1) is 7.58. The third kappa shape index (κ3) is 2.11. The molecule has 84 valence electrons. The van der Waals surface area contributed by atoms with Gasteiger partial charge in [-0.1, -0.05) is 13.8 Å². The molecule has 0 saturated carbocycles. The second-order valence-corrected chi connectivity index (χ2v) is 4.71. The topological polar surface area (TPSA) is 12.9 Å². The minimum absolute atomic E-state index is 0.313. The van der Waals surface area contributed by atoms with Crippen LogP contribution in [0.3, 0.4) is 0 Å². The summed E-state index contributed by atoms with van der Waals surface area (Å²) in [4.78, 5) is 4.33. The first-order valence-corrected chi connectivity index (χ1v) is 5.86. The quantitative estimate of drug-likeness (QED) is 0.765. The highest BCUT2D eigenvalue weighted by molar-refractivity contribution is 7.13. The van der Waals surface area contributed by atoms with E-state index in [1.165, 1.54) is 23.5 Å². The first-order valence-electron chi connectivity index (χ1n) is 4.99. The van der Waals surface area contributed by atoms with Crippen LogP contribution in [0.25, 0.3) is 10.6 Å². The molecule has 16 heavy (non-hydrogen) atoms. The second kappa shape index (κ2) is 4.29. The number of benzene rings is 1. The molecule has 1 aromatic heterocycles. The Kier molecular flexibility index (Phi) is 3.01. The number of rotatable bonds is 2. The van der Waals surface area contributed by atoms with E-state index in [4.69, 9.17) is 0 Å². The molecule has 0 spiro atoms. The minimum Gasteiger partial charge on any atom is -0.241 e. The molecule has 0 amide bonds. The fourth-order valence-electron chi connectivity index (χ4n) is 1.34. The molecule has 2 aromatic rings. The summed E-state index contributed by atoms with van der Waals surface area (Å²) in [6.07, 6.45) is 0. The highest BCUT2D eigenvalue weighted by Crippen LogP contribution is 2.28. The van der Waals surface area contributed by atoms with Crippen molar-refractivity contribution in [3.8, 4) is 10.6 Å². The largest absolute Gasteiger partial charge is 0.241 e. The highest BCUT2D eigenvalue weighted by Gasteiger charge is 2.11. The smallest absolute Gasteiger partial charge is 0.136 e. The van der Waals surface area contributed by atoms with E-state index in [1.807, 2.05) is 19.2 Å². The summed E-state index contributed by atoms with van der Waals surface area (Å²) >= 11 is 1.38. The summed E-state index contributed by atoms with van der Waals surface area (Å²) in [5.74, 6) is -0.819. The normalized spacial score (nSPS) is 11.1. The average Bonchev–Trinajstić information content (AvgIpc) is 2.66. The van der Waals surface area contributed by atoms with Crippen molar-refractivity contribution in [1.82, 2.24) is 4.98 Å². The Bertz CT molecular complexity index is 505. The molecule has 1 nitrogen and oxygen atoms in total. The Hall–Kier alpha value is -1.29. The van der Waals surface area contributed by atoms with Gasteiger partial charge in [-0.25, -0.2) is 13.8 Å². The van der Waals surface area contributed by atoms with Crippen LogP contribution in [0, 0.1) is 11.6 Å². The Morgan fingerprint density at radius 3 is 2.56 bits per heavy atom. The van der Waals surface area contributed by atoms with E-state index in [1.54, 1.807) is 0 Å². The molecule has 2 rings (SSSR count). The van der Waals surface area contributed by atoms with E-state index in [0.29, 0.717) is 16.5 Å². The van der Waals surface area contributed by atoms with Gasteiger partial charge in [-0.15, -0.1) is 11.3 Å². The van der Waals surface area contributed by atoms with Crippen LogP contribution in [0.5, 0.6) is 0 Å². The van der Waals surface area contributed by atoms with Gasteiger partial charge in [-0.3, -0.25) is 0 Å². The van der Waals surface area contributed by atoms with Crippen LogP contribution in [0.4, 0.5) is 8.78 Å². The lowest BCUT2D eigenvalue weighted by atomic mass is 10.1. The molecule has 0 saturated heterocycles. The van der Waals surface area contributed by atoms with Crippen LogP contribution in [0.1, 0.15) is 25.5 Å². The van der Waals surface area contributed by atoms with Crippen LogP contribution >= 0.6 is 11.3 Å². The van der Waals surface area contributed by atoms with Crippen molar-refractivity contribution in [2.45, 2.75) is 19.8 Å². The van der Waals surface area contributed by atoms with Gasteiger partial charge in [0.15, 0.2) is 0 Å². The van der Waals surface area contributed by atoms with Gasteiger partial charge in [-0.05, 0) is 18.1 Å². The fraction of sp³-hybridized carbons (Fsp3) is 0.250. The van der Waals surface area contributed by atoms with Crippen LogP contribution in [0.15, 0.2) is 23.6 Å². The number of nitrogens with zero attached hydrogens (tertiary/aromatic N) is 1. The van der Waals surface area contributed by atoms with Crippen LogP contribution in [-0.4, -0.2) is 4.98 Å². The number of aromatic nitrogens is 1. The Labute approximate surface area is 96.8 Å². The maximum atomic E-state index is 13.5. The highest BCUT2D eigenvalue weighted by atomic mass is 32.1. The molecule has 0 aliphatic rings. The summed E-state index contributed by atoms with van der Waals surface area (Å²) < 4.78 is 26.2. The van der Waals surface area contributed by atoms with Gasteiger partial charge in [-0.2, -0.15) is 0 Å². The maximum Gasteiger partial charge on any atom is 0.136 e. The van der Waals surface area contributed by atoms with Crippen LogP contribution in [-0.2, 0) is 0 Å². The zero-order valence-electron chi connectivity index (χ0n) is 9.00. The molecule has 1 heterocycles. The van der Waals surface area contributed by atoms with E-state index in [9.17, 15) is 8.78 Å². The molecule has 0 fully saturated rings. The van der Waals surface area contributed by atoms with Gasteiger partial charge in [0, 0.05) is 17.0 Å². The minimum atomic E-state index is -0.568. The molecule has 0 unspecified atom stereocenters. The maximum absolute atomic E-state index is 13.5. The van der Waals surface area contributed by atoms with Crippen molar-refractivity contribution < 1.29 is 8.78 Å². The Morgan fingerprint density at radius 1 is 1.25 bits per heavy atom. The van der Waals surface area contributed by atoms with Crippen molar-refractivity contribution in [3.05, 3.63) is 40.9 Å². The summed E-state index contributed by atoms with van der Waals surface area (Å²) in [6.45, 7) is 4.06. The van der Waals surface area contributed by atoms with Crippen molar-refractivity contribution in [2.24, 2.45) is 0 Å². The van der Waals surface area contributed by atoms with Crippen molar-refractivity contribution in [3.63, 3.8) is 0 Å². The monoisotopic (exact) mass is 239 g/mol. The lowest BCUT2D eigenvalue weighted by molar-refractivity contribution is 0.585. The summed E-state index contributed by atoms with van der Waals surface area (Å²) in [5, 5.41) is 2.50. The molecule has 0 radical (unpaired) electrons. The van der Waals surface area contributed by atoms with Gasteiger partial charge >= 0.3 is 0 Å². The fourth-order valence-corrected chi connectivity index (χ4v) is 2.35. The first kappa shape index (κ1) is 11.2. The molecule has 0 N–H and O–H groups in total.